The Hall–Kier alpha value is -1.01. The van der Waals surface area contributed by atoms with Gasteiger partial charge in [0.25, 0.3) is 0 Å². The van der Waals surface area contributed by atoms with Crippen LogP contribution in [-0.2, 0) is 11.2 Å². The van der Waals surface area contributed by atoms with E-state index in [1.165, 1.54) is 0 Å². The summed E-state index contributed by atoms with van der Waals surface area (Å²) in [5.41, 5.74) is 0.962. The monoisotopic (exact) mass is 286 g/mol. The van der Waals surface area contributed by atoms with E-state index in [1.807, 2.05) is 20.1 Å². The summed E-state index contributed by atoms with van der Waals surface area (Å²) >= 11 is 1.55. The third kappa shape index (κ3) is 5.24. The van der Waals surface area contributed by atoms with Gasteiger partial charge in [0.15, 0.2) is 0 Å². The van der Waals surface area contributed by atoms with Gasteiger partial charge in [-0.15, -0.1) is 0 Å². The lowest BCUT2D eigenvalue weighted by molar-refractivity contribution is -0.122. The zero-order chi connectivity index (χ0) is 14.5. The molecule has 19 heavy (non-hydrogen) atoms. The number of nitrogens with one attached hydrogen (secondary N) is 1. The van der Waals surface area contributed by atoms with Gasteiger partial charge < -0.3 is 14.9 Å². The van der Waals surface area contributed by atoms with Crippen molar-refractivity contribution in [3.63, 3.8) is 0 Å². The molecule has 2 N–H and O–H groups in total. The third-order valence-corrected chi connectivity index (χ3v) is 3.82. The van der Waals surface area contributed by atoms with Crippen LogP contribution in [-0.4, -0.2) is 40.3 Å². The summed E-state index contributed by atoms with van der Waals surface area (Å²) in [6.07, 6.45) is 2.91. The zero-order valence-corrected chi connectivity index (χ0v) is 12.8. The van der Waals surface area contributed by atoms with Gasteiger partial charge in [-0.05, 0) is 33.4 Å². The Morgan fingerprint density at radius 3 is 2.74 bits per heavy atom. The molecule has 6 heteroatoms. The van der Waals surface area contributed by atoms with E-state index >= 15 is 0 Å². The largest absolute Gasteiger partial charge is 0.387 e. The number of carbonyl (C=O) groups excluding carboxylic acids is 1. The third-order valence-electron chi connectivity index (χ3n) is 2.90. The fourth-order valence-corrected chi connectivity index (χ4v) is 2.56. The van der Waals surface area contributed by atoms with Gasteiger partial charge >= 0.3 is 0 Å². The topological polar surface area (TPSA) is 75.4 Å². The second kappa shape index (κ2) is 6.96. The number of hydrogen-bond acceptors (Lipinski definition) is 5. The molecule has 0 aromatic carbocycles. The molecule has 5 nitrogen and oxygen atoms in total. The predicted octanol–water partition coefficient (Wildman–Crippen LogP) is 1.45. The maximum atomic E-state index is 11.7. The van der Waals surface area contributed by atoms with Crippen LogP contribution < -0.4 is 5.32 Å². The Morgan fingerprint density at radius 2 is 2.21 bits per heavy atom. The molecule has 108 valence electrons. The number of aryl methyl sites for hydroxylation is 2. The van der Waals surface area contributed by atoms with Crippen molar-refractivity contribution < 1.29 is 14.4 Å². The summed E-state index contributed by atoms with van der Waals surface area (Å²) in [7, 11) is 0. The number of thioether (sulfide) groups is 1. The molecule has 0 aliphatic carbocycles. The number of aromatic nitrogens is 1. The average Bonchev–Trinajstić information content (AvgIpc) is 2.64. The first-order valence-corrected chi connectivity index (χ1v) is 7.65. The van der Waals surface area contributed by atoms with E-state index in [2.05, 4.69) is 10.5 Å². The average molecular weight is 286 g/mol. The Balaban J connectivity index is 2.37. The fourth-order valence-electron chi connectivity index (χ4n) is 1.84. The molecule has 0 saturated heterocycles. The molecular formula is C13H22N2O3S. The normalized spacial score (nSPS) is 14.2. The van der Waals surface area contributed by atoms with Crippen LogP contribution in [0, 0.1) is 13.8 Å². The molecule has 0 aliphatic heterocycles. The quantitative estimate of drug-likeness (QED) is 0.793. The molecule has 0 fully saturated rings. The smallest absolute Gasteiger partial charge is 0.220 e. The van der Waals surface area contributed by atoms with Crippen molar-refractivity contribution in [2.24, 2.45) is 0 Å². The summed E-state index contributed by atoms with van der Waals surface area (Å²) in [5, 5.41) is 16.6. The Morgan fingerprint density at radius 1 is 1.53 bits per heavy atom. The number of hydrogen-bond donors (Lipinski definition) is 2. The molecule has 0 bridgehead atoms. The minimum Gasteiger partial charge on any atom is -0.387 e. The van der Waals surface area contributed by atoms with Crippen molar-refractivity contribution in [3.8, 4) is 0 Å². The van der Waals surface area contributed by atoms with Gasteiger partial charge in [0.1, 0.15) is 5.76 Å². The van der Waals surface area contributed by atoms with Gasteiger partial charge in [0, 0.05) is 24.3 Å². The molecule has 0 spiro atoms. The highest BCUT2D eigenvalue weighted by Gasteiger charge is 2.20. The van der Waals surface area contributed by atoms with E-state index in [0.717, 1.165) is 17.0 Å². The molecule has 1 atom stereocenters. The molecule has 1 amide bonds. The highest BCUT2D eigenvalue weighted by Crippen LogP contribution is 2.14. The van der Waals surface area contributed by atoms with Gasteiger partial charge in [-0.25, -0.2) is 0 Å². The Bertz CT molecular complexity index is 410. The van der Waals surface area contributed by atoms with E-state index in [4.69, 9.17) is 4.52 Å². The van der Waals surface area contributed by atoms with Crippen LogP contribution in [0.25, 0.3) is 0 Å². The highest BCUT2D eigenvalue weighted by atomic mass is 32.2. The SMILES string of the molecule is CSC[C@@](C)(O)CNC(=O)CCc1c(C)noc1C. The van der Waals surface area contributed by atoms with Gasteiger partial charge in [0.05, 0.1) is 11.3 Å². The van der Waals surface area contributed by atoms with Crippen molar-refractivity contribution >= 4 is 17.7 Å². The standard InChI is InChI=1S/C13H22N2O3S/c1-9-11(10(2)18-15-9)5-6-12(16)14-7-13(3,17)8-19-4/h17H,5-8H2,1-4H3,(H,14,16)/t13-/m0/s1. The predicted molar refractivity (Wildman–Crippen MR) is 76.3 cm³/mol. The Kier molecular flexibility index (Phi) is 5.87. The summed E-state index contributed by atoms with van der Waals surface area (Å²) in [5.74, 6) is 1.29. The first-order valence-electron chi connectivity index (χ1n) is 6.25. The van der Waals surface area contributed by atoms with Crippen LogP contribution >= 0.6 is 11.8 Å². The van der Waals surface area contributed by atoms with Crippen LogP contribution in [0.1, 0.15) is 30.4 Å². The van der Waals surface area contributed by atoms with Gasteiger partial charge in [-0.1, -0.05) is 5.16 Å². The zero-order valence-electron chi connectivity index (χ0n) is 11.9. The van der Waals surface area contributed by atoms with Crippen molar-refractivity contribution in [1.82, 2.24) is 10.5 Å². The van der Waals surface area contributed by atoms with Gasteiger partial charge in [-0.2, -0.15) is 11.8 Å². The Labute approximate surface area is 118 Å². The van der Waals surface area contributed by atoms with E-state index in [1.54, 1.807) is 18.7 Å². The fraction of sp³-hybridized carbons (Fsp3) is 0.692. The molecule has 0 radical (unpaired) electrons. The first-order chi connectivity index (χ1) is 8.85. The second-order valence-corrected chi connectivity index (χ2v) is 5.88. The first kappa shape index (κ1) is 16.0. The molecule has 1 heterocycles. The lowest BCUT2D eigenvalue weighted by Crippen LogP contribution is -2.42. The van der Waals surface area contributed by atoms with Gasteiger partial charge in [0.2, 0.25) is 5.91 Å². The number of rotatable bonds is 7. The second-order valence-electron chi connectivity index (χ2n) is 5.01. The lowest BCUT2D eigenvalue weighted by atomic mass is 10.1. The van der Waals surface area contributed by atoms with Crippen LogP contribution in [0.4, 0.5) is 0 Å². The number of nitrogens with zero attached hydrogens (tertiary/aromatic N) is 1. The summed E-state index contributed by atoms with van der Waals surface area (Å²) in [6, 6.07) is 0. The molecule has 1 rings (SSSR count). The minimum atomic E-state index is -0.863. The van der Waals surface area contributed by atoms with Crippen molar-refractivity contribution in [3.05, 3.63) is 17.0 Å². The van der Waals surface area contributed by atoms with Crippen LogP contribution in [0.5, 0.6) is 0 Å². The van der Waals surface area contributed by atoms with E-state index < -0.39 is 5.60 Å². The van der Waals surface area contributed by atoms with Crippen molar-refractivity contribution in [2.45, 2.75) is 39.2 Å². The number of carbonyl (C=O) groups is 1. The minimum absolute atomic E-state index is 0.0682. The van der Waals surface area contributed by atoms with E-state index in [9.17, 15) is 9.90 Å². The number of amides is 1. The van der Waals surface area contributed by atoms with Gasteiger partial charge in [-0.3, -0.25) is 4.79 Å². The van der Waals surface area contributed by atoms with Crippen molar-refractivity contribution in [1.29, 1.82) is 0 Å². The maximum Gasteiger partial charge on any atom is 0.220 e. The summed E-state index contributed by atoms with van der Waals surface area (Å²) in [6.45, 7) is 5.70. The highest BCUT2D eigenvalue weighted by molar-refractivity contribution is 7.98. The summed E-state index contributed by atoms with van der Waals surface area (Å²) in [4.78, 5) is 11.7. The molecule has 0 saturated carbocycles. The van der Waals surface area contributed by atoms with Crippen LogP contribution in [0.3, 0.4) is 0 Å². The molecule has 1 aromatic rings. The molecule has 1 aromatic heterocycles. The van der Waals surface area contributed by atoms with Crippen LogP contribution in [0.15, 0.2) is 4.52 Å². The molecule has 0 aliphatic rings. The molecule has 0 unspecified atom stereocenters. The van der Waals surface area contributed by atoms with Crippen molar-refractivity contribution in [2.75, 3.05) is 18.6 Å². The lowest BCUT2D eigenvalue weighted by Gasteiger charge is -2.22. The molecular weight excluding hydrogens is 264 g/mol. The maximum absolute atomic E-state index is 11.7. The van der Waals surface area contributed by atoms with E-state index in [-0.39, 0.29) is 12.5 Å². The number of aliphatic hydroxyl groups is 1. The van der Waals surface area contributed by atoms with E-state index in [0.29, 0.717) is 18.6 Å². The summed E-state index contributed by atoms with van der Waals surface area (Å²) < 4.78 is 5.05. The van der Waals surface area contributed by atoms with Crippen LogP contribution in [0.2, 0.25) is 0 Å².